The van der Waals surface area contributed by atoms with Crippen LogP contribution in [0.25, 0.3) is 0 Å². The largest absolute Gasteiger partial charge is 0.463 e. The van der Waals surface area contributed by atoms with Gasteiger partial charge < -0.3 is 15.4 Å². The molecule has 1 aromatic carbocycles. The van der Waals surface area contributed by atoms with Gasteiger partial charge in [0.2, 0.25) is 0 Å². The van der Waals surface area contributed by atoms with Gasteiger partial charge in [0.25, 0.3) is 0 Å². The van der Waals surface area contributed by atoms with Crippen LogP contribution in [0.1, 0.15) is 24.7 Å². The summed E-state index contributed by atoms with van der Waals surface area (Å²) in [5.74, 6) is 0.0922. The molecule has 1 unspecified atom stereocenters. The Bertz CT molecular complexity index is 634. The van der Waals surface area contributed by atoms with E-state index in [1.54, 1.807) is 18.7 Å². The first-order valence-corrected chi connectivity index (χ1v) is 8.75. The SMILES string of the molecule is CCOC(=O)C1=C(CSC(C)c2ccccc2Cl)NC(=O)NC1. The van der Waals surface area contributed by atoms with E-state index in [2.05, 4.69) is 10.6 Å². The number of thioether (sulfide) groups is 1. The predicted molar refractivity (Wildman–Crippen MR) is 92.5 cm³/mol. The minimum Gasteiger partial charge on any atom is -0.463 e. The topological polar surface area (TPSA) is 67.4 Å². The number of rotatable bonds is 6. The number of nitrogens with one attached hydrogen (secondary N) is 2. The van der Waals surface area contributed by atoms with E-state index in [9.17, 15) is 9.59 Å². The van der Waals surface area contributed by atoms with Crippen molar-refractivity contribution in [2.24, 2.45) is 0 Å². The Hall–Kier alpha value is -1.66. The summed E-state index contributed by atoms with van der Waals surface area (Å²) in [6.45, 7) is 4.27. The third-order valence-corrected chi connectivity index (χ3v) is 4.95. The summed E-state index contributed by atoms with van der Waals surface area (Å²) in [5, 5.41) is 6.13. The van der Waals surface area contributed by atoms with E-state index < -0.39 is 5.97 Å². The second-order valence-electron chi connectivity index (χ2n) is 4.96. The van der Waals surface area contributed by atoms with Crippen LogP contribution >= 0.6 is 23.4 Å². The zero-order chi connectivity index (χ0) is 16.8. The maximum absolute atomic E-state index is 12.0. The highest BCUT2D eigenvalue weighted by Gasteiger charge is 2.24. The average molecular weight is 355 g/mol. The number of hydrogen-bond donors (Lipinski definition) is 2. The van der Waals surface area contributed by atoms with Gasteiger partial charge >= 0.3 is 12.0 Å². The van der Waals surface area contributed by atoms with Crippen molar-refractivity contribution in [3.63, 3.8) is 0 Å². The molecule has 5 nitrogen and oxygen atoms in total. The zero-order valence-electron chi connectivity index (χ0n) is 13.0. The van der Waals surface area contributed by atoms with E-state index in [-0.39, 0.29) is 17.8 Å². The second-order valence-corrected chi connectivity index (χ2v) is 6.70. The molecule has 0 radical (unpaired) electrons. The number of ether oxygens (including phenoxy) is 1. The molecular weight excluding hydrogens is 336 g/mol. The maximum Gasteiger partial charge on any atom is 0.337 e. The van der Waals surface area contributed by atoms with Gasteiger partial charge in [-0.05, 0) is 25.5 Å². The van der Waals surface area contributed by atoms with Gasteiger partial charge in [-0.15, -0.1) is 11.8 Å². The number of benzene rings is 1. The summed E-state index contributed by atoms with van der Waals surface area (Å²) >= 11 is 7.80. The third kappa shape index (κ3) is 4.65. The van der Waals surface area contributed by atoms with Crippen LogP contribution in [0.15, 0.2) is 35.5 Å². The highest BCUT2D eigenvalue weighted by atomic mass is 35.5. The Labute approximate surface area is 144 Å². The van der Waals surface area contributed by atoms with Crippen LogP contribution in [0.2, 0.25) is 5.02 Å². The molecule has 1 aliphatic heterocycles. The van der Waals surface area contributed by atoms with Gasteiger partial charge in [0.15, 0.2) is 0 Å². The lowest BCUT2D eigenvalue weighted by molar-refractivity contribution is -0.138. The lowest BCUT2D eigenvalue weighted by Crippen LogP contribution is -2.44. The Morgan fingerprint density at radius 2 is 2.17 bits per heavy atom. The Morgan fingerprint density at radius 3 is 2.87 bits per heavy atom. The number of esters is 1. The normalized spacial score (nSPS) is 15.7. The molecule has 0 aromatic heterocycles. The predicted octanol–water partition coefficient (Wildman–Crippen LogP) is 3.26. The van der Waals surface area contributed by atoms with Gasteiger partial charge in [-0.1, -0.05) is 29.8 Å². The van der Waals surface area contributed by atoms with Crippen molar-refractivity contribution < 1.29 is 14.3 Å². The van der Waals surface area contributed by atoms with Crippen LogP contribution in [0.3, 0.4) is 0 Å². The molecule has 0 fully saturated rings. The number of hydrogen-bond acceptors (Lipinski definition) is 4. The van der Waals surface area contributed by atoms with Crippen LogP contribution in [-0.4, -0.2) is 30.9 Å². The van der Waals surface area contributed by atoms with Crippen molar-refractivity contribution in [3.8, 4) is 0 Å². The molecule has 1 heterocycles. The van der Waals surface area contributed by atoms with Crippen LogP contribution in [0.5, 0.6) is 0 Å². The summed E-state index contributed by atoms with van der Waals surface area (Å²) in [6.07, 6.45) is 0. The molecule has 0 bridgehead atoms. The molecule has 124 valence electrons. The lowest BCUT2D eigenvalue weighted by atomic mass is 10.2. The zero-order valence-corrected chi connectivity index (χ0v) is 14.6. The molecule has 1 aromatic rings. The Kier molecular flexibility index (Phi) is 6.36. The van der Waals surface area contributed by atoms with E-state index in [0.717, 1.165) is 5.56 Å². The van der Waals surface area contributed by atoms with Gasteiger partial charge in [-0.2, -0.15) is 0 Å². The lowest BCUT2D eigenvalue weighted by Gasteiger charge is -2.22. The fourth-order valence-electron chi connectivity index (χ4n) is 2.17. The third-order valence-electron chi connectivity index (χ3n) is 3.40. The molecule has 7 heteroatoms. The first kappa shape index (κ1) is 17.7. The standard InChI is InChI=1S/C16H19ClN2O3S/c1-3-22-15(20)12-8-18-16(21)19-14(12)9-23-10(2)11-6-4-5-7-13(11)17/h4-7,10H,3,8-9H2,1-2H3,(H2,18,19,21). The molecule has 0 aliphatic carbocycles. The molecule has 2 rings (SSSR count). The van der Waals surface area contributed by atoms with E-state index in [0.29, 0.717) is 28.7 Å². The van der Waals surface area contributed by atoms with Crippen molar-refractivity contribution in [1.29, 1.82) is 0 Å². The van der Waals surface area contributed by atoms with Crippen molar-refractivity contribution >= 4 is 35.4 Å². The molecule has 1 atom stereocenters. The molecule has 2 amide bonds. The van der Waals surface area contributed by atoms with Gasteiger partial charge in [-0.25, -0.2) is 9.59 Å². The second kappa shape index (κ2) is 8.26. The van der Waals surface area contributed by atoms with E-state index in [1.807, 2.05) is 31.2 Å². The minimum atomic E-state index is -0.402. The number of carbonyl (C=O) groups is 2. The maximum atomic E-state index is 12.0. The quantitative estimate of drug-likeness (QED) is 0.769. The van der Waals surface area contributed by atoms with Crippen LogP contribution in [-0.2, 0) is 9.53 Å². The molecule has 23 heavy (non-hydrogen) atoms. The molecule has 2 N–H and O–H groups in total. The average Bonchev–Trinajstić information content (AvgIpc) is 2.53. The summed E-state index contributed by atoms with van der Waals surface area (Å²) in [6, 6.07) is 7.34. The Morgan fingerprint density at radius 1 is 1.43 bits per heavy atom. The number of halogens is 1. The molecule has 0 spiro atoms. The van der Waals surface area contributed by atoms with Gasteiger partial charge in [0, 0.05) is 21.7 Å². The first-order valence-electron chi connectivity index (χ1n) is 7.33. The van der Waals surface area contributed by atoms with Gasteiger partial charge in [-0.3, -0.25) is 0 Å². The number of carbonyl (C=O) groups excluding carboxylic acids is 2. The van der Waals surface area contributed by atoms with Crippen LogP contribution in [0, 0.1) is 0 Å². The number of amides is 2. The monoisotopic (exact) mass is 354 g/mol. The molecule has 0 saturated carbocycles. The van der Waals surface area contributed by atoms with Crippen LogP contribution in [0.4, 0.5) is 4.79 Å². The summed E-state index contributed by atoms with van der Waals surface area (Å²) in [5.41, 5.74) is 2.08. The molecule has 1 aliphatic rings. The van der Waals surface area contributed by atoms with E-state index in [4.69, 9.17) is 16.3 Å². The summed E-state index contributed by atoms with van der Waals surface area (Å²) in [4.78, 5) is 23.5. The van der Waals surface area contributed by atoms with Crippen molar-refractivity contribution in [2.45, 2.75) is 19.1 Å². The number of urea groups is 1. The highest BCUT2D eigenvalue weighted by Crippen LogP contribution is 2.34. The fourth-order valence-corrected chi connectivity index (χ4v) is 3.58. The van der Waals surface area contributed by atoms with Gasteiger partial charge in [0.05, 0.1) is 18.7 Å². The Balaban J connectivity index is 2.10. The van der Waals surface area contributed by atoms with Gasteiger partial charge in [0.1, 0.15) is 0 Å². The van der Waals surface area contributed by atoms with Crippen LogP contribution < -0.4 is 10.6 Å². The highest BCUT2D eigenvalue weighted by molar-refractivity contribution is 7.99. The van der Waals surface area contributed by atoms with Crippen molar-refractivity contribution in [2.75, 3.05) is 18.9 Å². The molecular formula is C16H19ClN2O3S. The smallest absolute Gasteiger partial charge is 0.337 e. The van der Waals surface area contributed by atoms with Crippen molar-refractivity contribution in [3.05, 3.63) is 46.1 Å². The van der Waals surface area contributed by atoms with E-state index >= 15 is 0 Å². The molecule has 0 saturated heterocycles. The fraction of sp³-hybridized carbons (Fsp3) is 0.375. The summed E-state index contributed by atoms with van der Waals surface area (Å²) < 4.78 is 5.04. The van der Waals surface area contributed by atoms with E-state index in [1.165, 1.54) is 0 Å². The van der Waals surface area contributed by atoms with Crippen molar-refractivity contribution in [1.82, 2.24) is 10.6 Å². The summed E-state index contributed by atoms with van der Waals surface area (Å²) in [7, 11) is 0. The minimum absolute atomic E-state index is 0.131. The first-order chi connectivity index (χ1) is 11.0.